The molecule has 1 saturated heterocycles. The first-order chi connectivity index (χ1) is 14.3. The molecule has 5 nitrogen and oxygen atoms in total. The molecule has 1 fully saturated rings. The molecule has 1 atom stereocenters. The number of fused-ring (bicyclic) bond motifs is 1. The van der Waals surface area contributed by atoms with E-state index >= 15 is 0 Å². The van der Waals surface area contributed by atoms with Gasteiger partial charge in [0.2, 0.25) is 0 Å². The highest BCUT2D eigenvalue weighted by Gasteiger charge is 2.48. The second kappa shape index (κ2) is 9.49. The number of carboxylic acid groups (broad SMARTS) is 2. The van der Waals surface area contributed by atoms with E-state index in [4.69, 9.17) is 10.2 Å². The lowest BCUT2D eigenvalue weighted by atomic mass is 9.74. The van der Waals surface area contributed by atoms with Crippen molar-refractivity contribution < 1.29 is 19.8 Å². The summed E-state index contributed by atoms with van der Waals surface area (Å²) < 4.78 is 0.350. The third kappa shape index (κ3) is 4.94. The molecule has 6 heteroatoms. The maximum absolute atomic E-state index is 9.55. The molecule has 30 heavy (non-hydrogen) atoms. The minimum atomic E-state index is -1.26. The van der Waals surface area contributed by atoms with Crippen molar-refractivity contribution >= 4 is 23.7 Å². The summed E-state index contributed by atoms with van der Waals surface area (Å²) >= 11 is 2.15. The van der Waals surface area contributed by atoms with Gasteiger partial charge in [-0.3, -0.25) is 0 Å². The third-order valence-corrected chi connectivity index (χ3v) is 7.41. The van der Waals surface area contributed by atoms with Crippen LogP contribution in [0.1, 0.15) is 35.4 Å². The molecule has 0 aliphatic carbocycles. The molecule has 0 radical (unpaired) electrons. The Morgan fingerprint density at radius 3 is 2.07 bits per heavy atom. The Kier molecular flexibility index (Phi) is 7.00. The Hall–Kier alpha value is -2.57. The summed E-state index contributed by atoms with van der Waals surface area (Å²) in [6.45, 7) is 4.69. The van der Waals surface area contributed by atoms with Gasteiger partial charge in [-0.25, -0.2) is 9.59 Å². The lowest BCUT2D eigenvalue weighted by Crippen LogP contribution is -2.43. The predicted molar refractivity (Wildman–Crippen MR) is 119 cm³/mol. The van der Waals surface area contributed by atoms with Crippen LogP contribution in [0.5, 0.6) is 0 Å². The second-order valence-electron chi connectivity index (χ2n) is 7.81. The van der Waals surface area contributed by atoms with Crippen LogP contribution >= 0.6 is 11.8 Å². The van der Waals surface area contributed by atoms with E-state index < -0.39 is 11.9 Å². The fourth-order valence-electron chi connectivity index (χ4n) is 4.27. The Labute approximate surface area is 181 Å². The second-order valence-corrected chi connectivity index (χ2v) is 9.26. The number of rotatable bonds is 3. The molecular weight excluding hydrogens is 398 g/mol. The van der Waals surface area contributed by atoms with Crippen LogP contribution in [-0.4, -0.2) is 51.9 Å². The van der Waals surface area contributed by atoms with Crippen molar-refractivity contribution in [1.29, 1.82) is 0 Å². The molecule has 158 valence electrons. The van der Waals surface area contributed by atoms with Gasteiger partial charge >= 0.3 is 11.9 Å². The molecule has 2 aliphatic heterocycles. The standard InChI is InChI=1S/C20H23NS.C4H4O4/c1-15-7-3-4-8-16(15)19-17-9-5-6-10-18(17)22-20(19)11-13-21(2)14-12-20;5-3(6)1-2-4(7)8/h3-10,19H,11-14H2,1-2H3;1-2H,(H,5,6)(H,7,8)/b;2-1-. The van der Waals surface area contributed by atoms with Crippen molar-refractivity contribution in [3.8, 4) is 0 Å². The maximum atomic E-state index is 9.55. The molecule has 2 aromatic carbocycles. The Bertz CT molecular complexity index is 932. The van der Waals surface area contributed by atoms with Gasteiger partial charge in [0.1, 0.15) is 0 Å². The van der Waals surface area contributed by atoms with Crippen LogP contribution in [0.4, 0.5) is 0 Å². The van der Waals surface area contributed by atoms with Gasteiger partial charge < -0.3 is 15.1 Å². The Morgan fingerprint density at radius 1 is 0.967 bits per heavy atom. The normalized spacial score (nSPS) is 19.9. The number of nitrogens with zero attached hydrogens (tertiary/aromatic N) is 1. The summed E-state index contributed by atoms with van der Waals surface area (Å²) in [7, 11) is 2.25. The topological polar surface area (TPSA) is 77.8 Å². The summed E-state index contributed by atoms with van der Waals surface area (Å²) in [6.07, 6.45) is 3.67. The van der Waals surface area contributed by atoms with E-state index in [9.17, 15) is 9.59 Å². The van der Waals surface area contributed by atoms with E-state index in [-0.39, 0.29) is 0 Å². The van der Waals surface area contributed by atoms with Crippen molar-refractivity contribution in [2.24, 2.45) is 0 Å². The molecule has 2 N–H and O–H groups in total. The lowest BCUT2D eigenvalue weighted by Gasteiger charge is -2.42. The van der Waals surface area contributed by atoms with Gasteiger partial charge in [-0.2, -0.15) is 0 Å². The first-order valence-electron chi connectivity index (χ1n) is 9.98. The maximum Gasteiger partial charge on any atom is 0.328 e. The number of aliphatic carboxylic acids is 2. The van der Waals surface area contributed by atoms with Gasteiger partial charge in [-0.15, -0.1) is 11.8 Å². The van der Waals surface area contributed by atoms with Crippen LogP contribution in [0.15, 0.2) is 65.6 Å². The van der Waals surface area contributed by atoms with E-state index in [1.54, 1.807) is 5.56 Å². The first-order valence-corrected chi connectivity index (χ1v) is 10.8. The molecule has 2 aromatic rings. The minimum absolute atomic E-state index is 0.350. The third-order valence-electron chi connectivity index (χ3n) is 5.77. The fraction of sp³-hybridized carbons (Fsp3) is 0.333. The zero-order valence-electron chi connectivity index (χ0n) is 17.2. The van der Waals surface area contributed by atoms with Crippen LogP contribution in [0.2, 0.25) is 0 Å². The number of benzene rings is 2. The number of hydrogen-bond donors (Lipinski definition) is 2. The van der Waals surface area contributed by atoms with E-state index in [1.807, 2.05) is 0 Å². The highest BCUT2D eigenvalue weighted by Crippen LogP contribution is 2.60. The summed E-state index contributed by atoms with van der Waals surface area (Å²) in [4.78, 5) is 23.1. The van der Waals surface area contributed by atoms with Gasteiger partial charge in [0, 0.05) is 27.7 Å². The number of carboxylic acids is 2. The van der Waals surface area contributed by atoms with Gasteiger partial charge in [0.05, 0.1) is 0 Å². The minimum Gasteiger partial charge on any atom is -0.478 e. The van der Waals surface area contributed by atoms with Crippen molar-refractivity contribution in [2.45, 2.75) is 35.3 Å². The summed E-state index contributed by atoms with van der Waals surface area (Å²) in [5, 5.41) is 15.6. The monoisotopic (exact) mass is 425 g/mol. The molecular formula is C24H27NO4S. The van der Waals surface area contributed by atoms with Gasteiger partial charge in [0.25, 0.3) is 0 Å². The molecule has 0 bridgehead atoms. The van der Waals surface area contributed by atoms with Gasteiger partial charge in [-0.1, -0.05) is 42.5 Å². The number of likely N-dealkylation sites (tertiary alicyclic amines) is 1. The number of hydrogen-bond acceptors (Lipinski definition) is 4. The van der Waals surface area contributed by atoms with Crippen LogP contribution in [0.3, 0.4) is 0 Å². The zero-order chi connectivity index (χ0) is 21.7. The van der Waals surface area contributed by atoms with Crippen LogP contribution < -0.4 is 0 Å². The quantitative estimate of drug-likeness (QED) is 0.710. The van der Waals surface area contributed by atoms with E-state index in [1.165, 1.54) is 42.0 Å². The SMILES string of the molecule is Cc1ccccc1C1c2ccccc2SC12CCN(C)CC2.O=C(O)/C=C\C(=O)O. The molecule has 0 saturated carbocycles. The molecule has 2 aliphatic rings. The predicted octanol–water partition coefficient (Wildman–Crippen LogP) is 4.41. The Balaban J connectivity index is 0.000000275. The zero-order valence-corrected chi connectivity index (χ0v) is 18.1. The largest absolute Gasteiger partial charge is 0.478 e. The number of aryl methyl sites for hydroxylation is 1. The van der Waals surface area contributed by atoms with E-state index in [2.05, 4.69) is 79.2 Å². The summed E-state index contributed by atoms with van der Waals surface area (Å²) in [6, 6.07) is 18.1. The summed E-state index contributed by atoms with van der Waals surface area (Å²) in [5.74, 6) is -1.97. The van der Waals surface area contributed by atoms with Crippen LogP contribution in [0.25, 0.3) is 0 Å². The van der Waals surface area contributed by atoms with Crippen LogP contribution in [-0.2, 0) is 9.59 Å². The Morgan fingerprint density at radius 2 is 1.50 bits per heavy atom. The number of thioether (sulfide) groups is 1. The van der Waals surface area contributed by atoms with Crippen molar-refractivity contribution in [1.82, 2.24) is 4.90 Å². The van der Waals surface area contributed by atoms with Crippen LogP contribution in [0, 0.1) is 6.92 Å². The highest BCUT2D eigenvalue weighted by molar-refractivity contribution is 8.01. The average molecular weight is 426 g/mol. The van der Waals surface area contributed by atoms with E-state index in [0.29, 0.717) is 22.8 Å². The van der Waals surface area contributed by atoms with Crippen molar-refractivity contribution in [2.75, 3.05) is 20.1 Å². The fourth-order valence-corrected chi connectivity index (χ4v) is 5.91. The average Bonchev–Trinajstić information content (AvgIpc) is 3.03. The molecule has 0 amide bonds. The van der Waals surface area contributed by atoms with Crippen molar-refractivity contribution in [3.63, 3.8) is 0 Å². The van der Waals surface area contributed by atoms with Gasteiger partial charge in [-0.05, 0) is 62.7 Å². The van der Waals surface area contributed by atoms with Gasteiger partial charge in [0.15, 0.2) is 0 Å². The molecule has 1 unspecified atom stereocenters. The molecule has 4 rings (SSSR count). The molecule has 2 heterocycles. The van der Waals surface area contributed by atoms with E-state index in [0.717, 1.165) is 0 Å². The smallest absolute Gasteiger partial charge is 0.328 e. The first kappa shape index (κ1) is 22.1. The molecule has 0 aromatic heterocycles. The van der Waals surface area contributed by atoms with Crippen molar-refractivity contribution in [3.05, 3.63) is 77.4 Å². The number of carbonyl (C=O) groups is 2. The highest BCUT2D eigenvalue weighted by atomic mass is 32.2. The summed E-state index contributed by atoms with van der Waals surface area (Å²) in [5.41, 5.74) is 4.51. The number of piperidine rings is 1. The lowest BCUT2D eigenvalue weighted by molar-refractivity contribution is -0.134. The molecule has 1 spiro atoms.